The fourth-order valence-corrected chi connectivity index (χ4v) is 5.40. The summed E-state index contributed by atoms with van der Waals surface area (Å²) in [6, 6.07) is 16.9. The Kier molecular flexibility index (Phi) is 7.60. The highest BCUT2D eigenvalue weighted by atomic mass is 16.7. The molecule has 1 aliphatic heterocycles. The zero-order chi connectivity index (χ0) is 26.6. The van der Waals surface area contributed by atoms with Crippen molar-refractivity contribution in [1.82, 2.24) is 0 Å². The Labute approximate surface area is 221 Å². The van der Waals surface area contributed by atoms with E-state index in [9.17, 15) is 15.0 Å². The van der Waals surface area contributed by atoms with E-state index >= 15 is 0 Å². The average molecular weight is 521 g/mol. The van der Waals surface area contributed by atoms with Gasteiger partial charge < -0.3 is 33.9 Å². The molecule has 1 aliphatic carbocycles. The number of fused-ring (bicyclic) bond motifs is 2. The number of benzene rings is 3. The minimum atomic E-state index is -0.915. The normalized spacial score (nSPS) is 19.2. The highest BCUT2D eigenvalue weighted by Gasteiger charge is 2.48. The molecule has 3 aromatic rings. The second-order valence-electron chi connectivity index (χ2n) is 9.40. The van der Waals surface area contributed by atoms with Crippen molar-refractivity contribution in [2.75, 3.05) is 33.7 Å². The van der Waals surface area contributed by atoms with Crippen LogP contribution in [0.5, 0.6) is 28.7 Å². The lowest BCUT2D eigenvalue weighted by molar-refractivity contribution is -0.142. The van der Waals surface area contributed by atoms with Crippen LogP contribution in [0.15, 0.2) is 54.6 Å². The van der Waals surface area contributed by atoms with Crippen molar-refractivity contribution in [2.24, 2.45) is 5.92 Å². The molecule has 0 radical (unpaired) electrons. The minimum Gasteiger partial charge on any atom is -0.497 e. The van der Waals surface area contributed by atoms with Crippen LogP contribution >= 0.6 is 0 Å². The molecule has 5 rings (SSSR count). The summed E-state index contributed by atoms with van der Waals surface area (Å²) in [6.07, 6.45) is 1.31. The Hall–Kier alpha value is -3.91. The summed E-state index contributed by atoms with van der Waals surface area (Å²) in [5.74, 6) is 0.402. The Morgan fingerprint density at radius 3 is 2.45 bits per heavy atom. The molecule has 38 heavy (non-hydrogen) atoms. The zero-order valence-electron chi connectivity index (χ0n) is 21.5. The van der Waals surface area contributed by atoms with Crippen LogP contribution in [-0.2, 0) is 4.79 Å². The van der Waals surface area contributed by atoms with Crippen molar-refractivity contribution in [3.8, 4) is 28.7 Å². The lowest BCUT2D eigenvalue weighted by atomic mass is 9.79. The molecular formula is C30H32O8. The van der Waals surface area contributed by atoms with Gasteiger partial charge >= 0.3 is 5.97 Å². The third-order valence-electron chi connectivity index (χ3n) is 7.08. The second kappa shape index (κ2) is 11.2. The Bertz CT molecular complexity index is 1300. The zero-order valence-corrected chi connectivity index (χ0v) is 21.5. The molecule has 0 saturated carbocycles. The molecule has 2 aliphatic rings. The van der Waals surface area contributed by atoms with Crippen molar-refractivity contribution < 1.29 is 38.7 Å². The number of aliphatic hydroxyl groups excluding tert-OH is 1. The predicted molar refractivity (Wildman–Crippen MR) is 140 cm³/mol. The molecular weight excluding hydrogens is 488 g/mol. The number of hydrogen-bond acceptors (Lipinski definition) is 7. The van der Waals surface area contributed by atoms with Gasteiger partial charge in [0.15, 0.2) is 11.5 Å². The van der Waals surface area contributed by atoms with Crippen molar-refractivity contribution in [2.45, 2.75) is 31.6 Å². The first-order valence-corrected chi connectivity index (χ1v) is 12.9. The molecule has 0 bridgehead atoms. The molecule has 200 valence electrons. The van der Waals surface area contributed by atoms with Gasteiger partial charge in [-0.15, -0.1) is 0 Å². The highest BCUT2D eigenvalue weighted by molar-refractivity contribution is 5.78. The minimum absolute atomic E-state index is 0.00632. The van der Waals surface area contributed by atoms with Gasteiger partial charge in [0.05, 0.1) is 26.2 Å². The molecule has 3 aromatic carbocycles. The molecule has 0 saturated heterocycles. The summed E-state index contributed by atoms with van der Waals surface area (Å²) in [4.78, 5) is 13.0. The van der Waals surface area contributed by atoms with Crippen molar-refractivity contribution >= 4 is 5.97 Å². The smallest absolute Gasteiger partial charge is 0.308 e. The Morgan fingerprint density at radius 2 is 1.68 bits per heavy atom. The fraction of sp³-hybridized carbons (Fsp3) is 0.367. The van der Waals surface area contributed by atoms with Crippen LogP contribution in [0, 0.1) is 5.92 Å². The molecule has 3 atom stereocenters. The number of aliphatic carboxylic acids is 1. The molecule has 8 nitrogen and oxygen atoms in total. The number of carbonyl (C=O) groups is 1. The van der Waals surface area contributed by atoms with Gasteiger partial charge in [-0.2, -0.15) is 0 Å². The van der Waals surface area contributed by atoms with Gasteiger partial charge in [0.2, 0.25) is 6.79 Å². The van der Waals surface area contributed by atoms with E-state index in [0.29, 0.717) is 48.4 Å². The second-order valence-corrected chi connectivity index (χ2v) is 9.40. The number of hydrogen-bond donors (Lipinski definition) is 2. The molecule has 0 amide bonds. The molecule has 1 heterocycles. The van der Waals surface area contributed by atoms with E-state index in [-0.39, 0.29) is 13.4 Å². The fourth-order valence-electron chi connectivity index (χ4n) is 5.40. The standard InChI is InChI=1S/C30H32O8/c1-3-12-35-20-7-8-21-23(15-20)28(22-9-6-19(34-2)16-25(22)36-13-4-11-31)29(30(32)33)27(21)18-5-10-24-26(14-18)38-17-37-24/h5-10,14-16,27-29,31H,3-4,11-13,17H2,1-2H3,(H,32,33). The van der Waals surface area contributed by atoms with E-state index in [1.165, 1.54) is 0 Å². The van der Waals surface area contributed by atoms with Gasteiger partial charge in [0, 0.05) is 36.5 Å². The number of rotatable bonds is 11. The maximum Gasteiger partial charge on any atom is 0.308 e. The lowest BCUT2D eigenvalue weighted by Gasteiger charge is -2.25. The summed E-state index contributed by atoms with van der Waals surface area (Å²) in [6.45, 7) is 3.03. The number of ether oxygens (including phenoxy) is 5. The topological polar surface area (TPSA) is 104 Å². The van der Waals surface area contributed by atoms with Crippen LogP contribution in [0.3, 0.4) is 0 Å². The summed E-state index contributed by atoms with van der Waals surface area (Å²) >= 11 is 0. The third kappa shape index (κ3) is 4.84. The van der Waals surface area contributed by atoms with Gasteiger partial charge in [0.25, 0.3) is 0 Å². The lowest BCUT2D eigenvalue weighted by Crippen LogP contribution is -2.24. The SMILES string of the molecule is CCCOc1ccc2c(c1)C(c1ccc(OC)cc1OCCCO)C(C(=O)O)C2c1ccc2c(c1)OCO2. The molecule has 2 N–H and O–H groups in total. The first-order chi connectivity index (χ1) is 18.5. The van der Waals surface area contributed by atoms with Crippen LogP contribution < -0.4 is 23.7 Å². The largest absolute Gasteiger partial charge is 0.497 e. The molecule has 8 heteroatoms. The van der Waals surface area contributed by atoms with Gasteiger partial charge in [-0.05, 0) is 53.4 Å². The maximum atomic E-state index is 13.0. The van der Waals surface area contributed by atoms with Gasteiger partial charge in [-0.3, -0.25) is 4.79 Å². The summed E-state index contributed by atoms with van der Waals surface area (Å²) in [5.41, 5.74) is 3.38. The van der Waals surface area contributed by atoms with Gasteiger partial charge in [-0.25, -0.2) is 0 Å². The molecule has 0 aromatic heterocycles. The van der Waals surface area contributed by atoms with E-state index < -0.39 is 23.7 Å². The van der Waals surface area contributed by atoms with E-state index in [4.69, 9.17) is 23.7 Å². The van der Waals surface area contributed by atoms with Crippen LogP contribution in [0.25, 0.3) is 0 Å². The summed E-state index contributed by atoms with van der Waals surface area (Å²) in [7, 11) is 1.57. The Morgan fingerprint density at radius 1 is 0.895 bits per heavy atom. The van der Waals surface area contributed by atoms with Gasteiger partial charge in [0.1, 0.15) is 17.2 Å². The van der Waals surface area contributed by atoms with Crippen LogP contribution in [0.2, 0.25) is 0 Å². The van der Waals surface area contributed by atoms with Crippen LogP contribution in [0.4, 0.5) is 0 Å². The maximum absolute atomic E-state index is 13.0. The first-order valence-electron chi connectivity index (χ1n) is 12.9. The van der Waals surface area contributed by atoms with Crippen LogP contribution in [-0.4, -0.2) is 49.9 Å². The first kappa shape index (κ1) is 25.7. The van der Waals surface area contributed by atoms with Crippen molar-refractivity contribution in [3.63, 3.8) is 0 Å². The van der Waals surface area contributed by atoms with Gasteiger partial charge in [-0.1, -0.05) is 25.1 Å². The molecule has 0 spiro atoms. The summed E-state index contributed by atoms with van der Waals surface area (Å²) < 4.78 is 28.5. The van der Waals surface area contributed by atoms with E-state index in [1.807, 2.05) is 55.5 Å². The predicted octanol–water partition coefficient (Wildman–Crippen LogP) is 4.95. The van der Waals surface area contributed by atoms with E-state index in [1.54, 1.807) is 13.2 Å². The van der Waals surface area contributed by atoms with Crippen LogP contribution in [0.1, 0.15) is 53.9 Å². The number of carboxylic acid groups (broad SMARTS) is 1. The Balaban J connectivity index is 1.67. The van der Waals surface area contributed by atoms with E-state index in [2.05, 4.69) is 0 Å². The van der Waals surface area contributed by atoms with Crippen molar-refractivity contribution in [1.29, 1.82) is 0 Å². The highest BCUT2D eigenvalue weighted by Crippen LogP contribution is 2.56. The quantitative estimate of drug-likeness (QED) is 0.342. The number of aliphatic hydroxyl groups is 1. The third-order valence-corrected chi connectivity index (χ3v) is 7.08. The van der Waals surface area contributed by atoms with E-state index in [0.717, 1.165) is 28.7 Å². The summed E-state index contributed by atoms with van der Waals surface area (Å²) in [5, 5.41) is 20.0. The monoisotopic (exact) mass is 520 g/mol. The van der Waals surface area contributed by atoms with Crippen molar-refractivity contribution in [3.05, 3.63) is 76.9 Å². The molecule has 3 unspecified atom stereocenters. The number of carboxylic acids is 1. The average Bonchev–Trinajstić information content (AvgIpc) is 3.53. The molecule has 0 fully saturated rings. The number of methoxy groups -OCH3 is 1.